The number of ether oxygens (including phenoxy) is 3. The molecule has 0 bridgehead atoms. The van der Waals surface area contributed by atoms with Crippen LogP contribution in [0.3, 0.4) is 0 Å². The summed E-state index contributed by atoms with van der Waals surface area (Å²) < 4.78 is 17.6. The molecule has 2 N–H and O–H groups in total. The summed E-state index contributed by atoms with van der Waals surface area (Å²) in [6.07, 6.45) is 17.0. The number of rotatable bonds is 26. The standard InChI is InChI=1S/C48H72O7/c1-8-11-13-16-37-19-21-39(22-20-37)40-23-24-44(38(10-3)30-40)43-31-41(17-14-27-54-46(51)35(4)5)45(42(32-43)18-15-28-55-47(52)36(6)7)53-29-26-48(33-49,34-50)25-12-9-2/h23-24,30-32,37,39,49-50H,4,6,8-22,25-29,33-34H2,1-3,5,7H3. The first-order valence-electron chi connectivity index (χ1n) is 21.3. The average molecular weight is 761 g/mol. The summed E-state index contributed by atoms with van der Waals surface area (Å²) in [7, 11) is 0. The minimum atomic E-state index is -0.615. The summed E-state index contributed by atoms with van der Waals surface area (Å²) in [6, 6.07) is 11.5. The van der Waals surface area contributed by atoms with Crippen molar-refractivity contribution in [2.45, 2.75) is 150 Å². The predicted octanol–water partition coefficient (Wildman–Crippen LogP) is 10.8. The van der Waals surface area contributed by atoms with E-state index in [-0.39, 0.29) is 26.4 Å². The Hall–Kier alpha value is -3.42. The van der Waals surface area contributed by atoms with E-state index in [1.54, 1.807) is 13.8 Å². The molecule has 2 aromatic carbocycles. The lowest BCUT2D eigenvalue weighted by Crippen LogP contribution is -2.32. The van der Waals surface area contributed by atoms with Gasteiger partial charge in [-0.05, 0) is 142 Å². The van der Waals surface area contributed by atoms with Crippen LogP contribution in [0.2, 0.25) is 0 Å². The largest absolute Gasteiger partial charge is 0.493 e. The first-order valence-corrected chi connectivity index (χ1v) is 21.3. The second-order valence-electron chi connectivity index (χ2n) is 16.2. The summed E-state index contributed by atoms with van der Waals surface area (Å²) in [4.78, 5) is 24.3. The van der Waals surface area contributed by atoms with Gasteiger partial charge in [-0.1, -0.05) is 90.7 Å². The lowest BCUT2D eigenvalue weighted by molar-refractivity contribution is -0.139. The van der Waals surface area contributed by atoms with Gasteiger partial charge in [0.05, 0.1) is 33.0 Å². The van der Waals surface area contributed by atoms with Crippen molar-refractivity contribution in [3.63, 3.8) is 0 Å². The summed E-state index contributed by atoms with van der Waals surface area (Å²) in [6.45, 7) is 17.9. The fourth-order valence-electron chi connectivity index (χ4n) is 7.89. The third-order valence-electron chi connectivity index (χ3n) is 11.6. The van der Waals surface area contributed by atoms with Crippen LogP contribution in [-0.4, -0.2) is 55.2 Å². The number of hydrogen-bond donors (Lipinski definition) is 2. The van der Waals surface area contributed by atoms with E-state index in [2.05, 4.69) is 64.3 Å². The Bertz CT molecular complexity index is 1460. The number of aliphatic hydroxyl groups is 2. The minimum absolute atomic E-state index is 0.107. The van der Waals surface area contributed by atoms with E-state index in [0.717, 1.165) is 54.0 Å². The van der Waals surface area contributed by atoms with Crippen molar-refractivity contribution < 1.29 is 34.0 Å². The quantitative estimate of drug-likeness (QED) is 0.0559. The molecular formula is C48H72O7. The number of aliphatic hydroxyl groups excluding tert-OH is 2. The molecule has 1 saturated carbocycles. The first-order chi connectivity index (χ1) is 26.5. The van der Waals surface area contributed by atoms with Gasteiger partial charge < -0.3 is 24.4 Å². The van der Waals surface area contributed by atoms with Crippen LogP contribution in [0.1, 0.15) is 153 Å². The highest BCUT2D eigenvalue weighted by Crippen LogP contribution is 2.41. The van der Waals surface area contributed by atoms with Crippen LogP contribution >= 0.6 is 0 Å². The third kappa shape index (κ3) is 14.5. The van der Waals surface area contributed by atoms with E-state index in [1.165, 1.54) is 68.1 Å². The van der Waals surface area contributed by atoms with Gasteiger partial charge >= 0.3 is 11.9 Å². The van der Waals surface area contributed by atoms with Crippen LogP contribution in [0.15, 0.2) is 54.6 Å². The SMILES string of the molecule is C=C(C)C(=O)OCCCc1cc(-c2ccc(C3CCC(CCCCC)CC3)cc2CC)cc(CCCOC(=O)C(=C)C)c1OCCC(CO)(CO)CCCC. The van der Waals surface area contributed by atoms with E-state index < -0.39 is 17.4 Å². The van der Waals surface area contributed by atoms with E-state index in [4.69, 9.17) is 14.2 Å². The summed E-state index contributed by atoms with van der Waals surface area (Å²) in [5.41, 5.74) is 7.24. The Balaban J connectivity index is 1.99. The molecular weight excluding hydrogens is 689 g/mol. The molecule has 7 heteroatoms. The molecule has 0 radical (unpaired) electrons. The van der Waals surface area contributed by atoms with E-state index in [0.29, 0.717) is 55.8 Å². The number of carbonyl (C=O) groups is 2. The molecule has 2 aromatic rings. The molecule has 55 heavy (non-hydrogen) atoms. The van der Waals surface area contributed by atoms with Crippen molar-refractivity contribution >= 4 is 11.9 Å². The zero-order valence-corrected chi connectivity index (χ0v) is 34.9. The van der Waals surface area contributed by atoms with Crippen LogP contribution in [0.25, 0.3) is 11.1 Å². The molecule has 306 valence electrons. The van der Waals surface area contributed by atoms with Gasteiger partial charge in [0.25, 0.3) is 0 Å². The summed E-state index contributed by atoms with van der Waals surface area (Å²) in [5.74, 6) is 1.45. The topological polar surface area (TPSA) is 102 Å². The van der Waals surface area contributed by atoms with E-state index in [9.17, 15) is 19.8 Å². The second-order valence-corrected chi connectivity index (χ2v) is 16.2. The van der Waals surface area contributed by atoms with Crippen LogP contribution in [0, 0.1) is 11.3 Å². The van der Waals surface area contributed by atoms with Crippen LogP contribution in [0.5, 0.6) is 5.75 Å². The smallest absolute Gasteiger partial charge is 0.333 e. The molecule has 7 nitrogen and oxygen atoms in total. The van der Waals surface area contributed by atoms with Crippen molar-refractivity contribution in [1.29, 1.82) is 0 Å². The molecule has 1 fully saturated rings. The summed E-state index contributed by atoms with van der Waals surface area (Å²) >= 11 is 0. The van der Waals surface area contributed by atoms with Gasteiger partial charge in [-0.25, -0.2) is 9.59 Å². The molecule has 1 aliphatic rings. The fourth-order valence-corrected chi connectivity index (χ4v) is 7.89. The van der Waals surface area contributed by atoms with Crippen molar-refractivity contribution in [3.8, 4) is 16.9 Å². The fraction of sp³-hybridized carbons (Fsp3) is 0.625. The van der Waals surface area contributed by atoms with E-state index in [1.807, 2.05) is 0 Å². The normalized spacial score (nSPS) is 15.8. The Labute approximate surface area is 332 Å². The second kappa shape index (κ2) is 24.3. The van der Waals surface area contributed by atoms with Crippen molar-refractivity contribution in [2.75, 3.05) is 33.0 Å². The van der Waals surface area contributed by atoms with Gasteiger partial charge in [0.1, 0.15) is 5.75 Å². The average Bonchev–Trinajstić information content (AvgIpc) is 3.19. The molecule has 0 spiro atoms. The Morgan fingerprint density at radius 1 is 0.727 bits per heavy atom. The van der Waals surface area contributed by atoms with Crippen LogP contribution < -0.4 is 4.74 Å². The van der Waals surface area contributed by atoms with E-state index >= 15 is 0 Å². The highest BCUT2D eigenvalue weighted by Gasteiger charge is 2.29. The lowest BCUT2D eigenvalue weighted by Gasteiger charge is -2.30. The Kier molecular flexibility index (Phi) is 20.3. The lowest BCUT2D eigenvalue weighted by atomic mass is 9.76. The monoisotopic (exact) mass is 761 g/mol. The van der Waals surface area contributed by atoms with Crippen LogP contribution in [0.4, 0.5) is 0 Å². The Morgan fingerprint density at radius 2 is 1.31 bits per heavy atom. The maximum Gasteiger partial charge on any atom is 0.333 e. The number of benzene rings is 2. The highest BCUT2D eigenvalue weighted by molar-refractivity contribution is 5.87. The number of hydrogen-bond acceptors (Lipinski definition) is 7. The number of esters is 2. The zero-order chi connectivity index (χ0) is 40.2. The molecule has 0 saturated heterocycles. The van der Waals surface area contributed by atoms with Crippen LogP contribution in [-0.2, 0) is 38.3 Å². The van der Waals surface area contributed by atoms with Gasteiger partial charge in [-0.3, -0.25) is 0 Å². The molecule has 3 rings (SSSR count). The highest BCUT2D eigenvalue weighted by atomic mass is 16.5. The van der Waals surface area contributed by atoms with Gasteiger partial charge in [-0.2, -0.15) is 0 Å². The van der Waals surface area contributed by atoms with Crippen molar-refractivity contribution in [3.05, 3.63) is 76.9 Å². The van der Waals surface area contributed by atoms with Crippen molar-refractivity contribution in [1.82, 2.24) is 0 Å². The van der Waals surface area contributed by atoms with Gasteiger partial charge in [0.15, 0.2) is 0 Å². The molecule has 0 atom stereocenters. The zero-order valence-electron chi connectivity index (χ0n) is 34.9. The first kappa shape index (κ1) is 46.0. The number of carbonyl (C=O) groups excluding carboxylic acids is 2. The van der Waals surface area contributed by atoms with Crippen molar-refractivity contribution in [2.24, 2.45) is 11.3 Å². The molecule has 0 aromatic heterocycles. The predicted molar refractivity (Wildman–Crippen MR) is 225 cm³/mol. The van der Waals surface area contributed by atoms with Gasteiger partial charge in [0, 0.05) is 16.6 Å². The van der Waals surface area contributed by atoms with Gasteiger partial charge in [0.2, 0.25) is 0 Å². The maximum absolute atomic E-state index is 12.2. The summed E-state index contributed by atoms with van der Waals surface area (Å²) in [5, 5.41) is 20.6. The molecule has 0 aliphatic heterocycles. The molecule has 0 unspecified atom stereocenters. The number of unbranched alkanes of at least 4 members (excludes halogenated alkanes) is 3. The third-order valence-corrected chi connectivity index (χ3v) is 11.6. The number of aryl methyl sites for hydroxylation is 3. The molecule has 0 amide bonds. The maximum atomic E-state index is 12.2. The minimum Gasteiger partial charge on any atom is -0.493 e. The van der Waals surface area contributed by atoms with Gasteiger partial charge in [-0.15, -0.1) is 0 Å². The molecule has 0 heterocycles. The molecule has 1 aliphatic carbocycles. The Morgan fingerprint density at radius 3 is 1.82 bits per heavy atom.